The molecule has 0 saturated heterocycles. The molecule has 0 radical (unpaired) electrons. The number of nitrogens with one attached hydrogen (secondary N) is 2. The molecular weight excluding hydrogens is 296 g/mol. The summed E-state index contributed by atoms with van der Waals surface area (Å²) in [5, 5.41) is 13.8. The SMILES string of the molecule is COc1ccc(Nc2ccc(NC(=O)C(C)C)nn2)c(OC)c1. The van der Waals surface area contributed by atoms with Crippen molar-refractivity contribution in [2.45, 2.75) is 13.8 Å². The Kier molecular flexibility index (Phi) is 5.35. The van der Waals surface area contributed by atoms with E-state index >= 15 is 0 Å². The van der Waals surface area contributed by atoms with Gasteiger partial charge in [-0.2, -0.15) is 0 Å². The third-order valence-electron chi connectivity index (χ3n) is 3.11. The molecule has 0 aliphatic heterocycles. The number of nitrogens with zero attached hydrogens (tertiary/aromatic N) is 2. The second-order valence-corrected chi connectivity index (χ2v) is 5.14. The van der Waals surface area contributed by atoms with E-state index in [1.807, 2.05) is 26.0 Å². The molecule has 1 aromatic carbocycles. The van der Waals surface area contributed by atoms with Crippen molar-refractivity contribution in [2.75, 3.05) is 24.9 Å². The number of hydrogen-bond donors (Lipinski definition) is 2. The van der Waals surface area contributed by atoms with Crippen LogP contribution in [0, 0.1) is 5.92 Å². The maximum Gasteiger partial charge on any atom is 0.228 e. The van der Waals surface area contributed by atoms with Gasteiger partial charge in [-0.1, -0.05) is 13.8 Å². The number of benzene rings is 1. The molecule has 0 bridgehead atoms. The highest BCUT2D eigenvalue weighted by molar-refractivity contribution is 5.91. The molecule has 0 unspecified atom stereocenters. The monoisotopic (exact) mass is 316 g/mol. The summed E-state index contributed by atoms with van der Waals surface area (Å²) in [6.07, 6.45) is 0. The first-order valence-corrected chi connectivity index (χ1v) is 7.17. The molecule has 1 aromatic heterocycles. The van der Waals surface area contributed by atoms with Gasteiger partial charge in [0.05, 0.1) is 19.9 Å². The van der Waals surface area contributed by atoms with E-state index in [0.29, 0.717) is 23.1 Å². The molecule has 2 rings (SSSR count). The third-order valence-corrected chi connectivity index (χ3v) is 3.11. The molecule has 7 heteroatoms. The van der Waals surface area contributed by atoms with Crippen LogP contribution in [0.5, 0.6) is 11.5 Å². The predicted molar refractivity (Wildman–Crippen MR) is 88.3 cm³/mol. The van der Waals surface area contributed by atoms with Gasteiger partial charge in [0.1, 0.15) is 11.5 Å². The molecule has 1 amide bonds. The smallest absolute Gasteiger partial charge is 0.228 e. The van der Waals surface area contributed by atoms with Crippen molar-refractivity contribution >= 4 is 23.2 Å². The van der Waals surface area contributed by atoms with Gasteiger partial charge in [0.25, 0.3) is 0 Å². The maximum atomic E-state index is 11.6. The fourth-order valence-corrected chi connectivity index (χ4v) is 1.78. The minimum Gasteiger partial charge on any atom is -0.497 e. The lowest BCUT2D eigenvalue weighted by atomic mass is 10.2. The lowest BCUT2D eigenvalue weighted by Crippen LogP contribution is -2.18. The van der Waals surface area contributed by atoms with Crippen LogP contribution in [-0.4, -0.2) is 30.3 Å². The van der Waals surface area contributed by atoms with E-state index in [-0.39, 0.29) is 11.8 Å². The fraction of sp³-hybridized carbons (Fsp3) is 0.312. The number of hydrogen-bond acceptors (Lipinski definition) is 6. The first-order chi connectivity index (χ1) is 11.0. The van der Waals surface area contributed by atoms with Gasteiger partial charge in [0, 0.05) is 12.0 Å². The van der Waals surface area contributed by atoms with Gasteiger partial charge in [-0.15, -0.1) is 10.2 Å². The zero-order valence-corrected chi connectivity index (χ0v) is 13.6. The highest BCUT2D eigenvalue weighted by atomic mass is 16.5. The van der Waals surface area contributed by atoms with Gasteiger partial charge in [0.2, 0.25) is 5.91 Å². The van der Waals surface area contributed by atoms with E-state index in [1.165, 1.54) is 0 Å². The fourth-order valence-electron chi connectivity index (χ4n) is 1.78. The first kappa shape index (κ1) is 16.5. The van der Waals surface area contributed by atoms with E-state index < -0.39 is 0 Å². The Balaban J connectivity index is 2.10. The number of aromatic nitrogens is 2. The molecule has 7 nitrogen and oxygen atoms in total. The van der Waals surface area contributed by atoms with Gasteiger partial charge >= 0.3 is 0 Å². The predicted octanol–water partition coefficient (Wildman–Crippen LogP) is 2.83. The van der Waals surface area contributed by atoms with E-state index in [2.05, 4.69) is 20.8 Å². The van der Waals surface area contributed by atoms with Crippen molar-refractivity contribution in [1.29, 1.82) is 0 Å². The van der Waals surface area contributed by atoms with Crippen LogP contribution in [0.4, 0.5) is 17.3 Å². The Morgan fingerprint density at radius 3 is 2.30 bits per heavy atom. The minimum atomic E-state index is -0.113. The quantitative estimate of drug-likeness (QED) is 0.852. The van der Waals surface area contributed by atoms with Gasteiger partial charge in [-0.25, -0.2) is 0 Å². The molecule has 0 aliphatic carbocycles. The van der Waals surface area contributed by atoms with Crippen LogP contribution in [0.3, 0.4) is 0 Å². The van der Waals surface area contributed by atoms with Crippen LogP contribution < -0.4 is 20.1 Å². The van der Waals surface area contributed by atoms with Crippen LogP contribution in [0.2, 0.25) is 0 Å². The molecule has 0 spiro atoms. The minimum absolute atomic E-state index is 0.100. The topological polar surface area (TPSA) is 85.4 Å². The van der Waals surface area contributed by atoms with Gasteiger partial charge < -0.3 is 20.1 Å². The zero-order chi connectivity index (χ0) is 16.8. The van der Waals surface area contributed by atoms with Gasteiger partial charge in [-0.05, 0) is 24.3 Å². The summed E-state index contributed by atoms with van der Waals surface area (Å²) in [6.45, 7) is 3.63. The number of anilines is 3. The Hall–Kier alpha value is -2.83. The van der Waals surface area contributed by atoms with E-state index in [0.717, 1.165) is 5.69 Å². The third kappa shape index (κ3) is 4.32. The van der Waals surface area contributed by atoms with Crippen molar-refractivity contribution < 1.29 is 14.3 Å². The zero-order valence-electron chi connectivity index (χ0n) is 13.6. The van der Waals surface area contributed by atoms with Crippen LogP contribution in [0.1, 0.15) is 13.8 Å². The molecule has 0 saturated carbocycles. The van der Waals surface area contributed by atoms with Crippen molar-refractivity contribution in [2.24, 2.45) is 5.92 Å². The van der Waals surface area contributed by atoms with Crippen LogP contribution >= 0.6 is 0 Å². The van der Waals surface area contributed by atoms with Crippen molar-refractivity contribution in [3.63, 3.8) is 0 Å². The standard InChI is InChI=1S/C16H20N4O3/c1-10(2)16(21)18-15-8-7-14(19-20-15)17-12-6-5-11(22-3)9-13(12)23-4/h5-10H,1-4H3,(H,17,19)(H,18,20,21). The lowest BCUT2D eigenvalue weighted by Gasteiger charge is -2.12. The summed E-state index contributed by atoms with van der Waals surface area (Å²) < 4.78 is 10.5. The van der Waals surface area contributed by atoms with Crippen LogP contribution in [0.25, 0.3) is 0 Å². The summed E-state index contributed by atoms with van der Waals surface area (Å²) in [5.41, 5.74) is 0.738. The Bertz CT molecular complexity index is 672. The summed E-state index contributed by atoms with van der Waals surface area (Å²) in [7, 11) is 3.17. The van der Waals surface area contributed by atoms with Gasteiger partial charge in [-0.3, -0.25) is 4.79 Å². The Morgan fingerprint density at radius 1 is 1.04 bits per heavy atom. The number of ether oxygens (including phenoxy) is 2. The number of rotatable bonds is 6. The number of methoxy groups -OCH3 is 2. The summed E-state index contributed by atoms with van der Waals surface area (Å²) in [4.78, 5) is 11.6. The first-order valence-electron chi connectivity index (χ1n) is 7.17. The molecule has 23 heavy (non-hydrogen) atoms. The summed E-state index contributed by atoms with van der Waals surface area (Å²) in [5.74, 6) is 2.07. The molecule has 2 aromatic rings. The lowest BCUT2D eigenvalue weighted by molar-refractivity contribution is -0.118. The van der Waals surface area contributed by atoms with E-state index in [4.69, 9.17) is 9.47 Å². The molecule has 0 fully saturated rings. The van der Waals surface area contributed by atoms with Crippen molar-refractivity contribution in [1.82, 2.24) is 10.2 Å². The van der Waals surface area contributed by atoms with Crippen LogP contribution in [-0.2, 0) is 4.79 Å². The molecule has 1 heterocycles. The highest BCUT2D eigenvalue weighted by Crippen LogP contribution is 2.30. The Morgan fingerprint density at radius 2 is 1.74 bits per heavy atom. The van der Waals surface area contributed by atoms with E-state index in [9.17, 15) is 4.79 Å². The number of amides is 1. The second kappa shape index (κ2) is 7.44. The normalized spacial score (nSPS) is 10.3. The number of carbonyl (C=O) groups excluding carboxylic acids is 1. The average Bonchev–Trinajstić information content (AvgIpc) is 2.56. The summed E-state index contributed by atoms with van der Waals surface area (Å²) in [6, 6.07) is 8.83. The van der Waals surface area contributed by atoms with Crippen molar-refractivity contribution in [3.05, 3.63) is 30.3 Å². The molecule has 2 N–H and O–H groups in total. The van der Waals surface area contributed by atoms with Crippen molar-refractivity contribution in [3.8, 4) is 11.5 Å². The molecule has 0 atom stereocenters. The van der Waals surface area contributed by atoms with Crippen LogP contribution in [0.15, 0.2) is 30.3 Å². The highest BCUT2D eigenvalue weighted by Gasteiger charge is 2.09. The van der Waals surface area contributed by atoms with E-state index in [1.54, 1.807) is 32.4 Å². The summed E-state index contributed by atoms with van der Waals surface area (Å²) >= 11 is 0. The maximum absolute atomic E-state index is 11.6. The molecular formula is C16H20N4O3. The molecule has 122 valence electrons. The largest absolute Gasteiger partial charge is 0.497 e. The molecule has 0 aliphatic rings. The van der Waals surface area contributed by atoms with Gasteiger partial charge in [0.15, 0.2) is 11.6 Å². The number of carbonyl (C=O) groups is 1. The average molecular weight is 316 g/mol. The Labute approximate surface area is 135 Å². The second-order valence-electron chi connectivity index (χ2n) is 5.14.